The number of carbonyl (C=O) groups is 1. The lowest BCUT2D eigenvalue weighted by Gasteiger charge is -2.04. The number of aromatic nitrogens is 2. The number of nitrogens with zero attached hydrogens (tertiary/aromatic N) is 1. The third-order valence-corrected chi connectivity index (χ3v) is 2.52. The molecule has 0 aliphatic heterocycles. The highest BCUT2D eigenvalue weighted by molar-refractivity contribution is 5.82. The van der Waals surface area contributed by atoms with Crippen molar-refractivity contribution in [2.24, 2.45) is 0 Å². The lowest BCUT2D eigenvalue weighted by atomic mass is 10.1. The Morgan fingerprint density at radius 3 is 2.89 bits per heavy atom. The number of hydrogen-bond donors (Lipinski definition) is 2. The van der Waals surface area contributed by atoms with Crippen LogP contribution in [0.2, 0.25) is 0 Å². The quantitative estimate of drug-likeness (QED) is 0.857. The monoisotopic (exact) mass is 260 g/mol. The van der Waals surface area contributed by atoms with Crippen LogP contribution in [-0.4, -0.2) is 28.2 Å². The number of carboxylic acid groups (broad SMARTS) is 1. The van der Waals surface area contributed by atoms with Crippen LogP contribution in [-0.2, 0) is 6.42 Å². The summed E-state index contributed by atoms with van der Waals surface area (Å²) in [5.74, 6) is -0.921. The number of carboxylic acids is 1. The second-order valence-electron chi connectivity index (χ2n) is 3.92. The second kappa shape index (κ2) is 5.34. The van der Waals surface area contributed by atoms with Crippen LogP contribution in [0.3, 0.4) is 0 Å². The molecule has 1 aromatic heterocycles. The van der Waals surface area contributed by atoms with Crippen molar-refractivity contribution < 1.29 is 14.6 Å². The highest BCUT2D eigenvalue weighted by atomic mass is 16.5. The van der Waals surface area contributed by atoms with E-state index in [0.29, 0.717) is 17.9 Å². The van der Waals surface area contributed by atoms with Crippen LogP contribution in [0.1, 0.15) is 21.9 Å². The van der Waals surface area contributed by atoms with Crippen LogP contribution < -0.4 is 10.3 Å². The fourth-order valence-corrected chi connectivity index (χ4v) is 1.69. The first kappa shape index (κ1) is 12.8. The van der Waals surface area contributed by atoms with Gasteiger partial charge in [-0.05, 0) is 17.7 Å². The molecule has 6 heteroatoms. The zero-order valence-corrected chi connectivity index (χ0v) is 10.2. The average Bonchev–Trinajstić information content (AvgIpc) is 2.38. The van der Waals surface area contributed by atoms with E-state index in [1.165, 1.54) is 6.07 Å². The van der Waals surface area contributed by atoms with Crippen LogP contribution in [0.15, 0.2) is 35.1 Å². The lowest BCUT2D eigenvalue weighted by molar-refractivity contribution is 0.0682. The standard InChI is InChI=1S/C13H12N2O4/c1-19-10-4-2-3-8(6-10)5-9-7-11(16)15-12(14-9)13(17)18/h2-4,6-7H,5H2,1H3,(H,17,18)(H,14,15,16). The Kier molecular flexibility index (Phi) is 3.61. The van der Waals surface area contributed by atoms with Crippen molar-refractivity contribution in [2.75, 3.05) is 7.11 Å². The zero-order chi connectivity index (χ0) is 13.8. The summed E-state index contributed by atoms with van der Waals surface area (Å²) in [6.07, 6.45) is 0.362. The summed E-state index contributed by atoms with van der Waals surface area (Å²) in [6, 6.07) is 8.57. The van der Waals surface area contributed by atoms with Crippen molar-refractivity contribution in [1.82, 2.24) is 9.97 Å². The SMILES string of the molecule is COc1cccc(Cc2cc(=O)[nH]c(C(=O)O)n2)c1. The Bertz CT molecular complexity index is 664. The van der Waals surface area contributed by atoms with Crippen LogP contribution in [0.5, 0.6) is 5.75 Å². The fraction of sp³-hybridized carbons (Fsp3) is 0.154. The number of nitrogens with one attached hydrogen (secondary N) is 1. The van der Waals surface area contributed by atoms with E-state index in [2.05, 4.69) is 9.97 Å². The van der Waals surface area contributed by atoms with E-state index in [0.717, 1.165) is 5.56 Å². The second-order valence-corrected chi connectivity index (χ2v) is 3.92. The smallest absolute Gasteiger partial charge is 0.372 e. The maximum absolute atomic E-state index is 11.3. The molecule has 0 atom stereocenters. The molecular weight excluding hydrogens is 248 g/mol. The number of H-pyrrole nitrogens is 1. The third kappa shape index (κ3) is 3.19. The maximum atomic E-state index is 11.3. The van der Waals surface area contributed by atoms with Gasteiger partial charge in [0.05, 0.1) is 12.8 Å². The topological polar surface area (TPSA) is 92.3 Å². The molecule has 19 heavy (non-hydrogen) atoms. The van der Waals surface area contributed by atoms with E-state index in [1.807, 2.05) is 18.2 Å². The summed E-state index contributed by atoms with van der Waals surface area (Å²) >= 11 is 0. The number of aromatic carboxylic acids is 1. The molecule has 0 aliphatic rings. The minimum absolute atomic E-state index is 0.356. The molecule has 0 unspecified atom stereocenters. The minimum atomic E-state index is -1.26. The number of benzene rings is 1. The van der Waals surface area contributed by atoms with Crippen molar-refractivity contribution in [3.8, 4) is 5.75 Å². The van der Waals surface area contributed by atoms with Gasteiger partial charge >= 0.3 is 5.97 Å². The first-order valence-corrected chi connectivity index (χ1v) is 5.55. The van der Waals surface area contributed by atoms with Crippen LogP contribution in [0, 0.1) is 0 Å². The van der Waals surface area contributed by atoms with Gasteiger partial charge in [-0.1, -0.05) is 12.1 Å². The predicted molar refractivity (Wildman–Crippen MR) is 67.6 cm³/mol. The van der Waals surface area contributed by atoms with Crippen molar-refractivity contribution in [3.05, 3.63) is 57.8 Å². The molecule has 2 aromatic rings. The van der Waals surface area contributed by atoms with E-state index in [9.17, 15) is 9.59 Å². The highest BCUT2D eigenvalue weighted by Gasteiger charge is 2.08. The summed E-state index contributed by atoms with van der Waals surface area (Å²) in [5, 5.41) is 8.83. The molecule has 1 heterocycles. The van der Waals surface area contributed by atoms with Gasteiger partial charge in [0.1, 0.15) is 5.75 Å². The lowest BCUT2D eigenvalue weighted by Crippen LogP contribution is -2.16. The molecule has 0 amide bonds. The van der Waals surface area contributed by atoms with Gasteiger partial charge in [0.25, 0.3) is 5.56 Å². The summed E-state index contributed by atoms with van der Waals surface area (Å²) < 4.78 is 5.10. The normalized spacial score (nSPS) is 10.2. The Hall–Kier alpha value is -2.63. The Morgan fingerprint density at radius 1 is 1.42 bits per heavy atom. The number of methoxy groups -OCH3 is 1. The summed E-state index contributed by atoms with van der Waals surface area (Å²) in [4.78, 5) is 28.2. The first-order valence-electron chi connectivity index (χ1n) is 5.55. The van der Waals surface area contributed by atoms with Crippen molar-refractivity contribution in [3.63, 3.8) is 0 Å². The maximum Gasteiger partial charge on any atom is 0.372 e. The predicted octanol–water partition coefficient (Wildman–Crippen LogP) is 1.07. The van der Waals surface area contributed by atoms with Gasteiger partial charge in [0.2, 0.25) is 5.82 Å². The zero-order valence-electron chi connectivity index (χ0n) is 10.2. The number of rotatable bonds is 4. The van der Waals surface area contributed by atoms with E-state index in [4.69, 9.17) is 9.84 Å². The first-order chi connectivity index (χ1) is 9.08. The van der Waals surface area contributed by atoms with Crippen LogP contribution in [0.4, 0.5) is 0 Å². The summed E-state index contributed by atoms with van der Waals surface area (Å²) in [7, 11) is 1.56. The number of aromatic amines is 1. The van der Waals surface area contributed by atoms with Gasteiger partial charge in [0, 0.05) is 12.5 Å². The molecule has 0 bridgehead atoms. The molecule has 6 nitrogen and oxygen atoms in total. The van der Waals surface area contributed by atoms with E-state index < -0.39 is 11.5 Å². The van der Waals surface area contributed by atoms with Crippen LogP contribution in [0.25, 0.3) is 0 Å². The molecule has 0 fully saturated rings. The average molecular weight is 260 g/mol. The Labute approximate surface area is 108 Å². The third-order valence-electron chi connectivity index (χ3n) is 2.52. The molecular formula is C13H12N2O4. The number of ether oxygens (including phenoxy) is 1. The largest absolute Gasteiger partial charge is 0.497 e. The molecule has 0 spiro atoms. The Morgan fingerprint density at radius 2 is 2.21 bits per heavy atom. The fourth-order valence-electron chi connectivity index (χ4n) is 1.69. The summed E-state index contributed by atoms with van der Waals surface area (Å²) in [6.45, 7) is 0. The molecule has 0 aliphatic carbocycles. The molecule has 0 saturated carbocycles. The molecule has 0 saturated heterocycles. The summed E-state index contributed by atoms with van der Waals surface area (Å²) in [5.41, 5.74) is 0.800. The Balaban J connectivity index is 2.32. The van der Waals surface area contributed by atoms with Crippen LogP contribution >= 0.6 is 0 Å². The van der Waals surface area contributed by atoms with E-state index in [1.54, 1.807) is 13.2 Å². The minimum Gasteiger partial charge on any atom is -0.497 e. The van der Waals surface area contributed by atoms with Gasteiger partial charge < -0.3 is 14.8 Å². The van der Waals surface area contributed by atoms with Crippen molar-refractivity contribution in [2.45, 2.75) is 6.42 Å². The van der Waals surface area contributed by atoms with Crippen molar-refractivity contribution in [1.29, 1.82) is 0 Å². The molecule has 1 aromatic carbocycles. The van der Waals surface area contributed by atoms with E-state index in [-0.39, 0.29) is 5.82 Å². The van der Waals surface area contributed by atoms with Gasteiger partial charge in [0.15, 0.2) is 0 Å². The van der Waals surface area contributed by atoms with Gasteiger partial charge in [-0.2, -0.15) is 0 Å². The van der Waals surface area contributed by atoms with Crippen molar-refractivity contribution >= 4 is 5.97 Å². The molecule has 0 radical (unpaired) electrons. The number of hydrogen-bond acceptors (Lipinski definition) is 4. The van der Waals surface area contributed by atoms with E-state index >= 15 is 0 Å². The highest BCUT2D eigenvalue weighted by Crippen LogP contribution is 2.14. The molecule has 98 valence electrons. The van der Waals surface area contributed by atoms with Gasteiger partial charge in [-0.15, -0.1) is 0 Å². The van der Waals surface area contributed by atoms with Gasteiger partial charge in [-0.3, -0.25) is 4.79 Å². The van der Waals surface area contributed by atoms with Gasteiger partial charge in [-0.25, -0.2) is 9.78 Å². The molecule has 2 rings (SSSR count). The molecule has 2 N–H and O–H groups in total.